The van der Waals surface area contributed by atoms with E-state index < -0.39 is 0 Å². The Morgan fingerprint density at radius 2 is 2.13 bits per heavy atom. The predicted octanol–water partition coefficient (Wildman–Crippen LogP) is 1.43. The maximum absolute atomic E-state index is 5.61. The largest absolute Gasteiger partial charge is 0.367 e. The number of nitrogens with two attached hydrogens (primary N) is 1. The van der Waals surface area contributed by atoms with E-state index in [-0.39, 0.29) is 0 Å². The second kappa shape index (κ2) is 5.66. The van der Waals surface area contributed by atoms with Gasteiger partial charge in [-0.15, -0.1) is 0 Å². The van der Waals surface area contributed by atoms with Gasteiger partial charge >= 0.3 is 0 Å². The predicted molar refractivity (Wildman–Crippen MR) is 62.7 cm³/mol. The minimum absolute atomic E-state index is 0.328. The second-order valence-corrected chi connectivity index (χ2v) is 3.89. The lowest BCUT2D eigenvalue weighted by Gasteiger charge is -2.20. The minimum atomic E-state index is 0.328. The molecule has 4 nitrogen and oxygen atoms in total. The van der Waals surface area contributed by atoms with Crippen LogP contribution >= 0.6 is 0 Å². The summed E-state index contributed by atoms with van der Waals surface area (Å²) in [4.78, 5) is 8.34. The Kier molecular flexibility index (Phi) is 4.49. The highest BCUT2D eigenvalue weighted by atomic mass is 15.0. The highest BCUT2D eigenvalue weighted by Gasteiger charge is 2.10. The average Bonchev–Trinajstić information content (AvgIpc) is 2.28. The molecule has 0 radical (unpaired) electrons. The lowest BCUT2D eigenvalue weighted by atomic mass is 10.0. The molecule has 1 aromatic rings. The molecule has 15 heavy (non-hydrogen) atoms. The lowest BCUT2D eigenvalue weighted by Crippen LogP contribution is -2.29. The summed E-state index contributed by atoms with van der Waals surface area (Å²) in [5.74, 6) is 1.32. The molecule has 0 aliphatic heterocycles. The van der Waals surface area contributed by atoms with Crippen molar-refractivity contribution in [2.75, 3.05) is 11.9 Å². The molecule has 0 amide bonds. The van der Waals surface area contributed by atoms with E-state index in [9.17, 15) is 0 Å². The zero-order valence-corrected chi connectivity index (χ0v) is 9.70. The number of nitrogens with zero attached hydrogens (tertiary/aromatic N) is 2. The van der Waals surface area contributed by atoms with E-state index in [1.54, 1.807) is 6.33 Å². The van der Waals surface area contributed by atoms with Gasteiger partial charge in [-0.1, -0.05) is 13.8 Å². The van der Waals surface area contributed by atoms with Gasteiger partial charge in [-0.3, -0.25) is 0 Å². The first-order chi connectivity index (χ1) is 7.17. The van der Waals surface area contributed by atoms with Gasteiger partial charge in [-0.05, 0) is 25.8 Å². The summed E-state index contributed by atoms with van der Waals surface area (Å²) >= 11 is 0. The van der Waals surface area contributed by atoms with Gasteiger partial charge < -0.3 is 11.1 Å². The molecule has 2 atom stereocenters. The first kappa shape index (κ1) is 11.9. The van der Waals surface area contributed by atoms with Crippen LogP contribution in [0.15, 0.2) is 12.4 Å². The number of aryl methyl sites for hydroxylation is 1. The Balaban J connectivity index is 2.63. The highest BCUT2D eigenvalue weighted by Crippen LogP contribution is 2.10. The fourth-order valence-electron chi connectivity index (χ4n) is 1.25. The minimum Gasteiger partial charge on any atom is -0.367 e. The van der Waals surface area contributed by atoms with Gasteiger partial charge in [0.05, 0.1) is 0 Å². The van der Waals surface area contributed by atoms with E-state index in [2.05, 4.69) is 36.1 Å². The van der Waals surface area contributed by atoms with E-state index in [1.807, 2.05) is 6.07 Å². The van der Waals surface area contributed by atoms with E-state index in [0.717, 1.165) is 17.9 Å². The van der Waals surface area contributed by atoms with Crippen molar-refractivity contribution in [3.8, 4) is 0 Å². The number of rotatable bonds is 5. The van der Waals surface area contributed by atoms with Crippen molar-refractivity contribution in [1.82, 2.24) is 9.97 Å². The van der Waals surface area contributed by atoms with Crippen LogP contribution in [0.25, 0.3) is 0 Å². The van der Waals surface area contributed by atoms with Crippen molar-refractivity contribution in [3.63, 3.8) is 0 Å². The van der Waals surface area contributed by atoms with Crippen molar-refractivity contribution < 1.29 is 0 Å². The average molecular weight is 208 g/mol. The molecule has 3 N–H and O–H groups in total. The van der Waals surface area contributed by atoms with Crippen LogP contribution in [-0.2, 0) is 6.42 Å². The quantitative estimate of drug-likeness (QED) is 0.768. The Bertz CT molecular complexity index is 300. The SMILES string of the molecule is CCc1cc(NC(C)C(C)CN)ncn1. The summed E-state index contributed by atoms with van der Waals surface area (Å²) in [6, 6.07) is 2.31. The molecule has 0 saturated carbocycles. The van der Waals surface area contributed by atoms with Crippen LogP contribution in [0.1, 0.15) is 26.5 Å². The number of nitrogens with one attached hydrogen (secondary N) is 1. The molecular weight excluding hydrogens is 188 g/mol. The van der Waals surface area contributed by atoms with Crippen LogP contribution in [-0.4, -0.2) is 22.6 Å². The molecule has 1 aromatic heterocycles. The third kappa shape index (κ3) is 3.47. The Hall–Kier alpha value is -1.16. The zero-order valence-electron chi connectivity index (χ0n) is 9.70. The van der Waals surface area contributed by atoms with Crippen LogP contribution < -0.4 is 11.1 Å². The summed E-state index contributed by atoms with van der Waals surface area (Å²) in [6.07, 6.45) is 2.53. The molecular formula is C11H20N4. The normalized spacial score (nSPS) is 14.7. The first-order valence-electron chi connectivity index (χ1n) is 5.44. The van der Waals surface area contributed by atoms with E-state index in [4.69, 9.17) is 5.73 Å². The topological polar surface area (TPSA) is 63.8 Å². The summed E-state index contributed by atoms with van der Waals surface area (Å²) in [7, 11) is 0. The highest BCUT2D eigenvalue weighted by molar-refractivity contribution is 5.35. The molecule has 0 spiro atoms. The molecule has 4 heteroatoms. The van der Waals surface area contributed by atoms with Gasteiger partial charge in [0.25, 0.3) is 0 Å². The summed E-state index contributed by atoms with van der Waals surface area (Å²) in [6.45, 7) is 7.00. The first-order valence-corrected chi connectivity index (χ1v) is 5.44. The number of aromatic nitrogens is 2. The van der Waals surface area contributed by atoms with Crippen molar-refractivity contribution >= 4 is 5.82 Å². The molecule has 0 saturated heterocycles. The van der Waals surface area contributed by atoms with Crippen LogP contribution in [0, 0.1) is 5.92 Å². The fraction of sp³-hybridized carbons (Fsp3) is 0.636. The van der Waals surface area contributed by atoms with Gasteiger partial charge in [0.2, 0.25) is 0 Å². The molecule has 0 fully saturated rings. The monoisotopic (exact) mass is 208 g/mol. The Labute approximate surface area is 91.3 Å². The standard InChI is InChI=1S/C11H20N4/c1-4-10-5-11(14-7-13-10)15-9(3)8(2)6-12/h5,7-9H,4,6,12H2,1-3H3,(H,13,14,15). The van der Waals surface area contributed by atoms with Gasteiger partial charge in [0.15, 0.2) is 0 Å². The van der Waals surface area contributed by atoms with Gasteiger partial charge in [-0.2, -0.15) is 0 Å². The Morgan fingerprint density at radius 3 is 2.73 bits per heavy atom. The summed E-state index contributed by atoms with van der Waals surface area (Å²) in [5.41, 5.74) is 6.67. The number of hydrogen-bond donors (Lipinski definition) is 2. The van der Waals surface area contributed by atoms with Crippen molar-refractivity contribution in [1.29, 1.82) is 0 Å². The van der Waals surface area contributed by atoms with Crippen LogP contribution in [0.5, 0.6) is 0 Å². The molecule has 84 valence electrons. The zero-order chi connectivity index (χ0) is 11.3. The summed E-state index contributed by atoms with van der Waals surface area (Å²) < 4.78 is 0. The lowest BCUT2D eigenvalue weighted by molar-refractivity contribution is 0.520. The maximum atomic E-state index is 5.61. The molecule has 2 unspecified atom stereocenters. The molecule has 0 aliphatic rings. The van der Waals surface area contributed by atoms with Gasteiger partial charge in [0.1, 0.15) is 12.1 Å². The number of anilines is 1. The molecule has 1 rings (SSSR count). The molecule has 1 heterocycles. The van der Waals surface area contributed by atoms with Crippen LogP contribution in [0.3, 0.4) is 0 Å². The van der Waals surface area contributed by atoms with Crippen molar-refractivity contribution in [2.45, 2.75) is 33.2 Å². The summed E-state index contributed by atoms with van der Waals surface area (Å²) in [5, 5.41) is 3.34. The van der Waals surface area contributed by atoms with Gasteiger partial charge in [-0.25, -0.2) is 9.97 Å². The van der Waals surface area contributed by atoms with E-state index >= 15 is 0 Å². The smallest absolute Gasteiger partial charge is 0.129 e. The van der Waals surface area contributed by atoms with Crippen molar-refractivity contribution in [3.05, 3.63) is 18.1 Å². The van der Waals surface area contributed by atoms with Crippen molar-refractivity contribution in [2.24, 2.45) is 11.7 Å². The molecule has 0 bridgehead atoms. The van der Waals surface area contributed by atoms with Crippen LogP contribution in [0.2, 0.25) is 0 Å². The third-order valence-electron chi connectivity index (χ3n) is 2.69. The van der Waals surface area contributed by atoms with E-state index in [1.165, 1.54) is 0 Å². The molecule has 0 aromatic carbocycles. The molecule has 0 aliphatic carbocycles. The maximum Gasteiger partial charge on any atom is 0.129 e. The van der Waals surface area contributed by atoms with Crippen LogP contribution in [0.4, 0.5) is 5.82 Å². The second-order valence-electron chi connectivity index (χ2n) is 3.89. The van der Waals surface area contributed by atoms with Gasteiger partial charge in [0, 0.05) is 17.8 Å². The fourth-order valence-corrected chi connectivity index (χ4v) is 1.25. The third-order valence-corrected chi connectivity index (χ3v) is 2.69. The Morgan fingerprint density at radius 1 is 1.40 bits per heavy atom. The van der Waals surface area contributed by atoms with E-state index in [0.29, 0.717) is 18.5 Å². The number of hydrogen-bond acceptors (Lipinski definition) is 4.